The first-order valence-electron chi connectivity index (χ1n) is 7.18. The van der Waals surface area contributed by atoms with Crippen LogP contribution in [0.1, 0.15) is 16.1 Å². The number of carbonyl (C=O) groups excluding carboxylic acids is 1. The summed E-state index contributed by atoms with van der Waals surface area (Å²) in [5.74, 6) is -0.823. The van der Waals surface area contributed by atoms with Gasteiger partial charge in [0.15, 0.2) is 0 Å². The highest BCUT2D eigenvalue weighted by Gasteiger charge is 2.33. The van der Waals surface area contributed by atoms with Crippen molar-refractivity contribution in [3.05, 3.63) is 29.5 Å². The second kappa shape index (κ2) is 5.93. The molecule has 3 rings (SSSR count). The second-order valence-electron chi connectivity index (χ2n) is 5.25. The van der Waals surface area contributed by atoms with Gasteiger partial charge in [-0.05, 0) is 5.56 Å². The SMILES string of the molecule is NCc1cccc2c(S(=O)(=O)N3CCOCC3)c(C(N)=O)[nH]c12. The lowest BCUT2D eigenvalue weighted by Gasteiger charge is -2.26. The monoisotopic (exact) mass is 338 g/mol. The average Bonchev–Trinajstić information content (AvgIpc) is 2.96. The van der Waals surface area contributed by atoms with Crippen LogP contribution in [0.2, 0.25) is 0 Å². The number of morpholine rings is 1. The van der Waals surface area contributed by atoms with Gasteiger partial charge in [0.05, 0.1) is 18.7 Å². The van der Waals surface area contributed by atoms with E-state index in [4.69, 9.17) is 16.2 Å². The maximum absolute atomic E-state index is 13.0. The minimum Gasteiger partial charge on any atom is -0.379 e. The molecule has 0 radical (unpaired) electrons. The smallest absolute Gasteiger partial charge is 0.266 e. The molecule has 1 aliphatic rings. The Morgan fingerprint density at radius 1 is 1.30 bits per heavy atom. The number of benzene rings is 1. The zero-order valence-corrected chi connectivity index (χ0v) is 13.2. The molecule has 0 atom stereocenters. The van der Waals surface area contributed by atoms with Crippen LogP contribution in [-0.2, 0) is 21.3 Å². The van der Waals surface area contributed by atoms with E-state index >= 15 is 0 Å². The van der Waals surface area contributed by atoms with Gasteiger partial charge in [0, 0.05) is 25.0 Å². The van der Waals surface area contributed by atoms with Gasteiger partial charge in [-0.3, -0.25) is 4.79 Å². The topological polar surface area (TPSA) is 132 Å². The molecule has 1 saturated heterocycles. The Morgan fingerprint density at radius 3 is 2.61 bits per heavy atom. The highest BCUT2D eigenvalue weighted by atomic mass is 32.2. The van der Waals surface area contributed by atoms with Gasteiger partial charge in [-0.1, -0.05) is 18.2 Å². The van der Waals surface area contributed by atoms with Crippen molar-refractivity contribution in [2.45, 2.75) is 11.4 Å². The fourth-order valence-electron chi connectivity index (χ4n) is 2.78. The molecule has 1 aromatic carbocycles. The van der Waals surface area contributed by atoms with Gasteiger partial charge in [0.2, 0.25) is 10.0 Å². The van der Waals surface area contributed by atoms with Gasteiger partial charge in [0.25, 0.3) is 5.91 Å². The van der Waals surface area contributed by atoms with E-state index in [9.17, 15) is 13.2 Å². The van der Waals surface area contributed by atoms with Crippen molar-refractivity contribution in [3.8, 4) is 0 Å². The number of aromatic amines is 1. The lowest BCUT2D eigenvalue weighted by atomic mass is 10.1. The first-order valence-corrected chi connectivity index (χ1v) is 8.62. The van der Waals surface area contributed by atoms with Crippen LogP contribution in [0.3, 0.4) is 0 Å². The van der Waals surface area contributed by atoms with Crippen molar-refractivity contribution in [2.75, 3.05) is 26.3 Å². The first-order chi connectivity index (χ1) is 11.0. The summed E-state index contributed by atoms with van der Waals surface area (Å²) >= 11 is 0. The standard InChI is InChI=1S/C14H18N4O4S/c15-8-9-2-1-3-10-11(9)17-12(14(16)19)13(10)23(20,21)18-4-6-22-7-5-18/h1-3,17H,4-8,15H2,(H2,16,19). The molecule has 2 heterocycles. The number of sulfonamides is 1. The number of hydrogen-bond donors (Lipinski definition) is 3. The summed E-state index contributed by atoms with van der Waals surface area (Å²) in [6.45, 7) is 1.34. The largest absolute Gasteiger partial charge is 0.379 e. The van der Waals surface area contributed by atoms with Gasteiger partial charge in [-0.15, -0.1) is 0 Å². The van der Waals surface area contributed by atoms with Crippen LogP contribution < -0.4 is 11.5 Å². The Balaban J connectivity index is 2.26. The van der Waals surface area contributed by atoms with Gasteiger partial charge < -0.3 is 21.2 Å². The van der Waals surface area contributed by atoms with E-state index in [0.29, 0.717) is 29.7 Å². The zero-order valence-electron chi connectivity index (χ0n) is 12.4. The van der Waals surface area contributed by atoms with Gasteiger partial charge >= 0.3 is 0 Å². The third kappa shape index (κ3) is 2.61. The Kier molecular flexibility index (Phi) is 4.11. The maximum atomic E-state index is 13.0. The second-order valence-corrected chi connectivity index (χ2v) is 7.13. The number of primary amides is 1. The highest BCUT2D eigenvalue weighted by Crippen LogP contribution is 2.31. The summed E-state index contributed by atoms with van der Waals surface area (Å²) in [4.78, 5) is 14.5. The van der Waals surface area contributed by atoms with Crippen molar-refractivity contribution < 1.29 is 17.9 Å². The molecular formula is C14H18N4O4S. The first kappa shape index (κ1) is 15.9. The molecule has 1 amide bonds. The Hall–Kier alpha value is -1.94. The number of nitrogens with two attached hydrogens (primary N) is 2. The van der Waals surface area contributed by atoms with E-state index < -0.39 is 15.9 Å². The molecule has 0 unspecified atom stereocenters. The Labute approximate surface area is 133 Å². The number of carbonyl (C=O) groups is 1. The van der Waals surface area contributed by atoms with Crippen molar-refractivity contribution in [2.24, 2.45) is 11.5 Å². The number of hydrogen-bond acceptors (Lipinski definition) is 5. The summed E-state index contributed by atoms with van der Waals surface area (Å²) in [7, 11) is -3.87. The molecule has 5 N–H and O–H groups in total. The number of nitrogens with zero attached hydrogens (tertiary/aromatic N) is 1. The van der Waals surface area contributed by atoms with E-state index in [1.54, 1.807) is 18.2 Å². The van der Waals surface area contributed by atoms with E-state index in [1.165, 1.54) is 4.31 Å². The predicted molar refractivity (Wildman–Crippen MR) is 84.3 cm³/mol. The van der Waals surface area contributed by atoms with Crippen LogP contribution in [0.15, 0.2) is 23.1 Å². The number of ether oxygens (including phenoxy) is 1. The third-order valence-corrected chi connectivity index (χ3v) is 5.89. The van der Waals surface area contributed by atoms with Crippen LogP contribution in [0.25, 0.3) is 10.9 Å². The average molecular weight is 338 g/mol. The van der Waals surface area contributed by atoms with E-state index in [-0.39, 0.29) is 30.2 Å². The number of para-hydroxylation sites is 1. The number of rotatable bonds is 4. The zero-order chi connectivity index (χ0) is 16.6. The molecule has 1 aromatic heterocycles. The molecule has 0 spiro atoms. The fourth-order valence-corrected chi connectivity index (χ4v) is 4.53. The van der Waals surface area contributed by atoms with E-state index in [2.05, 4.69) is 4.98 Å². The van der Waals surface area contributed by atoms with E-state index in [0.717, 1.165) is 0 Å². The number of aromatic nitrogens is 1. The van der Waals surface area contributed by atoms with Crippen LogP contribution in [0.4, 0.5) is 0 Å². The van der Waals surface area contributed by atoms with Crippen LogP contribution in [0.5, 0.6) is 0 Å². The minimum absolute atomic E-state index is 0.0859. The third-order valence-electron chi connectivity index (χ3n) is 3.91. The van der Waals surface area contributed by atoms with Crippen molar-refractivity contribution in [1.29, 1.82) is 0 Å². The van der Waals surface area contributed by atoms with Gasteiger partial charge in [-0.2, -0.15) is 4.31 Å². The van der Waals surface area contributed by atoms with Crippen LogP contribution >= 0.6 is 0 Å². The fraction of sp³-hybridized carbons (Fsp3) is 0.357. The predicted octanol–water partition coefficient (Wildman–Crippen LogP) is -0.254. The number of fused-ring (bicyclic) bond motifs is 1. The Morgan fingerprint density at radius 2 is 2.00 bits per heavy atom. The molecule has 1 aliphatic heterocycles. The molecule has 0 aliphatic carbocycles. The quantitative estimate of drug-likeness (QED) is 0.707. The van der Waals surface area contributed by atoms with Gasteiger partial charge in [-0.25, -0.2) is 8.42 Å². The van der Waals surface area contributed by atoms with Gasteiger partial charge in [0.1, 0.15) is 10.6 Å². The van der Waals surface area contributed by atoms with Crippen molar-refractivity contribution in [3.63, 3.8) is 0 Å². The molecule has 2 aromatic rings. The number of H-pyrrole nitrogens is 1. The van der Waals surface area contributed by atoms with E-state index in [1.807, 2.05) is 0 Å². The summed E-state index contributed by atoms with van der Waals surface area (Å²) < 4.78 is 32.5. The number of nitrogens with one attached hydrogen (secondary N) is 1. The van der Waals surface area contributed by atoms with Crippen LogP contribution in [0, 0.1) is 0 Å². The normalized spacial score (nSPS) is 16.7. The summed E-state index contributed by atoms with van der Waals surface area (Å²) in [6.07, 6.45) is 0. The lowest BCUT2D eigenvalue weighted by Crippen LogP contribution is -2.41. The molecule has 1 fully saturated rings. The summed E-state index contributed by atoms with van der Waals surface area (Å²) in [5, 5.41) is 0.424. The lowest BCUT2D eigenvalue weighted by molar-refractivity contribution is 0.0730. The molecule has 0 bridgehead atoms. The maximum Gasteiger partial charge on any atom is 0.266 e. The molecule has 23 heavy (non-hydrogen) atoms. The minimum atomic E-state index is -3.87. The summed E-state index contributed by atoms with van der Waals surface area (Å²) in [5.41, 5.74) is 12.2. The molecular weight excluding hydrogens is 320 g/mol. The highest BCUT2D eigenvalue weighted by molar-refractivity contribution is 7.89. The van der Waals surface area contributed by atoms with Crippen molar-refractivity contribution in [1.82, 2.24) is 9.29 Å². The molecule has 9 heteroatoms. The molecule has 0 saturated carbocycles. The number of amides is 1. The molecule has 8 nitrogen and oxygen atoms in total. The Bertz CT molecular complexity index is 853. The van der Waals surface area contributed by atoms with Crippen molar-refractivity contribution >= 4 is 26.8 Å². The molecule has 124 valence electrons. The summed E-state index contributed by atoms with van der Waals surface area (Å²) in [6, 6.07) is 5.13. The van der Waals surface area contributed by atoms with Crippen LogP contribution in [-0.4, -0.2) is 49.9 Å².